The van der Waals surface area contributed by atoms with Crippen LogP contribution in [0, 0.1) is 35.4 Å². The normalized spacial score (nSPS) is 24.9. The fraction of sp³-hybridized carbons (Fsp3) is 0.419. The van der Waals surface area contributed by atoms with E-state index >= 15 is 4.39 Å². The number of hydrogen-bond acceptors (Lipinski definition) is 1. The van der Waals surface area contributed by atoms with Crippen LogP contribution in [0.2, 0.25) is 0 Å². The summed E-state index contributed by atoms with van der Waals surface area (Å²) in [6.07, 6.45) is 15.9. The molecule has 0 radical (unpaired) electrons. The SMILES string of the molecule is C/C=C/COc1ccc(C#Cc2ccc(C3CCC4CC(/C=C/C)CCC4C3)c(F)c2)cc1. The van der Waals surface area contributed by atoms with Crippen LogP contribution in [0.4, 0.5) is 4.39 Å². The van der Waals surface area contributed by atoms with Crippen molar-refractivity contribution in [3.05, 3.63) is 89.3 Å². The molecular formula is C31H35FO. The second kappa shape index (κ2) is 11.4. The lowest BCUT2D eigenvalue weighted by Crippen LogP contribution is -2.30. The highest BCUT2D eigenvalue weighted by atomic mass is 19.1. The van der Waals surface area contributed by atoms with E-state index in [-0.39, 0.29) is 5.82 Å². The summed E-state index contributed by atoms with van der Waals surface area (Å²) in [7, 11) is 0. The van der Waals surface area contributed by atoms with Crippen LogP contribution < -0.4 is 4.74 Å². The Balaban J connectivity index is 1.37. The second-order valence-electron chi connectivity index (χ2n) is 9.52. The molecule has 2 fully saturated rings. The van der Waals surface area contributed by atoms with Crippen molar-refractivity contribution in [3.63, 3.8) is 0 Å². The van der Waals surface area contributed by atoms with Crippen LogP contribution in [0.1, 0.15) is 75.0 Å². The third kappa shape index (κ3) is 6.17. The van der Waals surface area contributed by atoms with Crippen LogP contribution in [-0.2, 0) is 0 Å². The molecule has 2 aromatic carbocycles. The first kappa shape index (κ1) is 23.4. The minimum absolute atomic E-state index is 0.0967. The standard InChI is InChI=1S/C31H35FO/c1-3-5-19-33-29-16-10-23(11-17-29)7-8-25-12-18-30(31(32)21-25)28-15-14-26-20-24(6-4-2)9-13-27(26)22-28/h3-6,10-12,16-18,21,24,26-28H,9,13-15,19-20,22H2,1-2H3/b5-3+,6-4+. The number of hydrogen-bond donors (Lipinski definition) is 0. The summed E-state index contributed by atoms with van der Waals surface area (Å²) >= 11 is 0. The summed E-state index contributed by atoms with van der Waals surface area (Å²) in [5, 5.41) is 0. The molecule has 0 aromatic heterocycles. The fourth-order valence-electron chi connectivity index (χ4n) is 5.61. The van der Waals surface area contributed by atoms with Crippen molar-refractivity contribution in [3.8, 4) is 17.6 Å². The van der Waals surface area contributed by atoms with Gasteiger partial charge in [-0.1, -0.05) is 42.2 Å². The van der Waals surface area contributed by atoms with Gasteiger partial charge in [0, 0.05) is 11.1 Å². The van der Waals surface area contributed by atoms with Crippen molar-refractivity contribution in [1.29, 1.82) is 0 Å². The van der Waals surface area contributed by atoms with Crippen molar-refractivity contribution < 1.29 is 9.13 Å². The van der Waals surface area contributed by atoms with E-state index in [1.165, 1.54) is 25.7 Å². The topological polar surface area (TPSA) is 9.23 Å². The minimum atomic E-state index is -0.0967. The van der Waals surface area contributed by atoms with Crippen molar-refractivity contribution in [1.82, 2.24) is 0 Å². The number of fused-ring (bicyclic) bond motifs is 1. The Morgan fingerprint density at radius 2 is 1.61 bits per heavy atom. The van der Waals surface area contributed by atoms with Gasteiger partial charge in [-0.25, -0.2) is 4.39 Å². The molecule has 2 heteroatoms. The summed E-state index contributed by atoms with van der Waals surface area (Å²) in [5.41, 5.74) is 2.51. The summed E-state index contributed by atoms with van der Waals surface area (Å²) in [4.78, 5) is 0. The van der Waals surface area contributed by atoms with Crippen LogP contribution in [0.5, 0.6) is 5.75 Å². The van der Waals surface area contributed by atoms with Gasteiger partial charge in [0.2, 0.25) is 0 Å². The highest BCUT2D eigenvalue weighted by Gasteiger charge is 2.35. The Morgan fingerprint density at radius 3 is 2.36 bits per heavy atom. The lowest BCUT2D eigenvalue weighted by molar-refractivity contribution is 0.132. The van der Waals surface area contributed by atoms with Gasteiger partial charge in [0.05, 0.1) is 0 Å². The summed E-state index contributed by atoms with van der Waals surface area (Å²) in [6, 6.07) is 13.3. The summed E-state index contributed by atoms with van der Waals surface area (Å²) in [5.74, 6) is 9.67. The Bertz CT molecular complexity index is 1040. The van der Waals surface area contributed by atoms with E-state index < -0.39 is 0 Å². The monoisotopic (exact) mass is 442 g/mol. The number of rotatable bonds is 5. The molecule has 2 aliphatic rings. The van der Waals surface area contributed by atoms with Crippen LogP contribution >= 0.6 is 0 Å². The van der Waals surface area contributed by atoms with Crippen LogP contribution in [-0.4, -0.2) is 6.61 Å². The van der Waals surface area contributed by atoms with E-state index in [1.54, 1.807) is 6.07 Å². The van der Waals surface area contributed by atoms with Gasteiger partial charge in [0.1, 0.15) is 18.2 Å². The van der Waals surface area contributed by atoms with Crippen LogP contribution in [0.3, 0.4) is 0 Å². The van der Waals surface area contributed by atoms with E-state index in [9.17, 15) is 0 Å². The van der Waals surface area contributed by atoms with Gasteiger partial charge < -0.3 is 4.74 Å². The molecule has 0 spiro atoms. The van der Waals surface area contributed by atoms with E-state index in [4.69, 9.17) is 4.74 Å². The third-order valence-electron chi connectivity index (χ3n) is 7.35. The molecule has 0 N–H and O–H groups in total. The van der Waals surface area contributed by atoms with Crippen LogP contribution in [0.15, 0.2) is 66.8 Å². The molecule has 1 nitrogen and oxygen atoms in total. The molecule has 0 heterocycles. The lowest BCUT2D eigenvalue weighted by Gasteiger charge is -2.41. The van der Waals surface area contributed by atoms with E-state index in [1.807, 2.05) is 55.5 Å². The Hall–Kier alpha value is -2.79. The molecule has 33 heavy (non-hydrogen) atoms. The molecule has 4 atom stereocenters. The highest BCUT2D eigenvalue weighted by Crippen LogP contribution is 2.48. The lowest BCUT2D eigenvalue weighted by atomic mass is 9.64. The maximum absolute atomic E-state index is 15.0. The van der Waals surface area contributed by atoms with Crippen molar-refractivity contribution in [2.45, 2.75) is 58.3 Å². The van der Waals surface area contributed by atoms with Gasteiger partial charge in [-0.2, -0.15) is 0 Å². The molecule has 2 saturated carbocycles. The molecule has 2 aromatic rings. The minimum Gasteiger partial charge on any atom is -0.490 e. The maximum Gasteiger partial charge on any atom is 0.127 e. The molecule has 4 unspecified atom stereocenters. The summed E-state index contributed by atoms with van der Waals surface area (Å²) in [6.45, 7) is 4.66. The second-order valence-corrected chi connectivity index (χ2v) is 9.52. The summed E-state index contributed by atoms with van der Waals surface area (Å²) < 4.78 is 20.7. The molecular weight excluding hydrogens is 407 g/mol. The Kier molecular flexibility index (Phi) is 8.05. The fourth-order valence-corrected chi connectivity index (χ4v) is 5.61. The van der Waals surface area contributed by atoms with Gasteiger partial charge >= 0.3 is 0 Å². The van der Waals surface area contributed by atoms with Gasteiger partial charge in [0.25, 0.3) is 0 Å². The molecule has 172 valence electrons. The predicted molar refractivity (Wildman–Crippen MR) is 135 cm³/mol. The molecule has 0 bridgehead atoms. The number of halogens is 1. The smallest absolute Gasteiger partial charge is 0.127 e. The average molecular weight is 443 g/mol. The van der Waals surface area contributed by atoms with Gasteiger partial charge in [0.15, 0.2) is 0 Å². The van der Waals surface area contributed by atoms with Crippen LogP contribution in [0.25, 0.3) is 0 Å². The first-order chi connectivity index (χ1) is 16.2. The van der Waals surface area contributed by atoms with Crippen molar-refractivity contribution >= 4 is 0 Å². The molecule has 0 saturated heterocycles. The van der Waals surface area contributed by atoms with Gasteiger partial charge in [-0.3, -0.25) is 0 Å². The zero-order chi connectivity index (χ0) is 23.0. The van der Waals surface area contributed by atoms with E-state index in [0.717, 1.165) is 53.0 Å². The molecule has 2 aliphatic carbocycles. The quantitative estimate of drug-likeness (QED) is 0.336. The number of ether oxygens (including phenoxy) is 1. The van der Waals surface area contributed by atoms with Crippen molar-refractivity contribution in [2.75, 3.05) is 6.61 Å². The molecule has 0 aliphatic heterocycles. The van der Waals surface area contributed by atoms with Crippen molar-refractivity contribution in [2.24, 2.45) is 17.8 Å². The number of benzene rings is 2. The van der Waals surface area contributed by atoms with E-state index in [0.29, 0.717) is 12.5 Å². The molecule has 0 amide bonds. The third-order valence-corrected chi connectivity index (χ3v) is 7.35. The maximum atomic E-state index is 15.0. The predicted octanol–water partition coefficient (Wildman–Crippen LogP) is 8.06. The zero-order valence-corrected chi connectivity index (χ0v) is 19.9. The largest absolute Gasteiger partial charge is 0.490 e. The first-order valence-corrected chi connectivity index (χ1v) is 12.4. The Labute approximate surface area is 198 Å². The highest BCUT2D eigenvalue weighted by molar-refractivity contribution is 5.45. The van der Waals surface area contributed by atoms with E-state index in [2.05, 4.69) is 30.9 Å². The first-order valence-electron chi connectivity index (χ1n) is 12.4. The van der Waals surface area contributed by atoms with Gasteiger partial charge in [-0.05, 0) is 118 Å². The molecule has 4 rings (SSSR count). The van der Waals surface area contributed by atoms with Gasteiger partial charge in [-0.15, -0.1) is 0 Å². The Morgan fingerprint density at radius 1 is 0.879 bits per heavy atom. The average Bonchev–Trinajstić information content (AvgIpc) is 2.84. The number of allylic oxidation sites excluding steroid dienone is 3. The zero-order valence-electron chi connectivity index (χ0n) is 19.9.